The van der Waals surface area contributed by atoms with Crippen LogP contribution in [0.15, 0.2) is 0 Å². The summed E-state index contributed by atoms with van der Waals surface area (Å²) in [4.78, 5) is 79.9. The Hall–Kier alpha value is -6.21. The lowest BCUT2D eigenvalue weighted by Crippen LogP contribution is -2.51. The van der Waals surface area contributed by atoms with Gasteiger partial charge in [0.05, 0.1) is 348 Å². The van der Waals surface area contributed by atoms with E-state index < -0.39 is 0 Å². The van der Waals surface area contributed by atoms with E-state index in [1.54, 1.807) is 14.7 Å². The number of aromatic nitrogens is 9. The zero-order valence-corrected chi connectivity index (χ0v) is 83.8. The molecule has 0 radical (unpaired) electrons. The highest BCUT2D eigenvalue weighted by molar-refractivity contribution is 5.50. The maximum atomic E-state index is 5.95. The lowest BCUT2D eigenvalue weighted by molar-refractivity contribution is 0.0672. The van der Waals surface area contributed by atoms with Crippen LogP contribution in [0.4, 0.5) is 53.5 Å². The minimum Gasteiger partial charge on any atom is -0.372 e. The van der Waals surface area contributed by atoms with Crippen LogP contribution in [-0.4, -0.2) is 617 Å². The Balaban J connectivity index is 0.000000124. The largest absolute Gasteiger partial charge is 0.372 e. The van der Waals surface area contributed by atoms with Crippen molar-refractivity contribution in [2.75, 3.05) is 441 Å². The number of hydrogen-bond acceptors (Lipinski definition) is 54. The fourth-order valence-electron chi connectivity index (χ4n) is 17.4. The zero-order valence-electron chi connectivity index (χ0n) is 83.8. The fraction of sp³-hybridized carbons (Fsp3) is 0.903. The van der Waals surface area contributed by atoms with Crippen molar-refractivity contribution in [3.63, 3.8) is 0 Å². The summed E-state index contributed by atoms with van der Waals surface area (Å²) in [5.74, 6) is 4.84. The third-order valence-corrected chi connectivity index (χ3v) is 27.6. The quantitative estimate of drug-likeness (QED) is 0.0375. The van der Waals surface area contributed by atoms with Crippen LogP contribution in [0.25, 0.3) is 0 Å². The van der Waals surface area contributed by atoms with Gasteiger partial charge in [-0.05, 0) is 0 Å². The zero-order chi connectivity index (χ0) is 97.7. The summed E-state index contributed by atoms with van der Waals surface area (Å²) in [7, 11) is 0. The number of rotatable bonds is 81. The van der Waals surface area contributed by atoms with Crippen LogP contribution in [-0.2, 0) is 142 Å². The van der Waals surface area contributed by atoms with E-state index in [2.05, 4.69) is 58.8 Å². The van der Waals surface area contributed by atoms with Crippen LogP contribution in [0, 0.1) is 0 Å². The summed E-state index contributed by atoms with van der Waals surface area (Å²) in [5, 5.41) is 0. The van der Waals surface area contributed by atoms with Gasteiger partial charge in [0, 0.05) is 118 Å². The molecule has 0 spiro atoms. The average molecular weight is 2080 g/mol. The highest BCUT2D eigenvalue weighted by atomic mass is 16.7. The predicted molar refractivity (Wildman–Crippen MR) is 508 cm³/mol. The summed E-state index contributed by atoms with van der Waals surface area (Å²) < 4.78 is 171. The van der Waals surface area contributed by atoms with Gasteiger partial charge in [-0.3, -0.25) is 44.1 Å². The monoisotopic (exact) mass is 2080 g/mol. The average Bonchev–Trinajstić information content (AvgIpc) is 1.53. The molecule has 24 saturated heterocycles. The first kappa shape index (κ1) is 101. The molecular weight excluding hydrogens is 1930 g/mol. The van der Waals surface area contributed by atoms with Crippen molar-refractivity contribution in [1.29, 1.82) is 0 Å². The van der Waals surface area contributed by atoms with E-state index >= 15 is 0 Å². The van der Waals surface area contributed by atoms with Gasteiger partial charge in [-0.1, -0.05) is 0 Å². The number of nitrogens with zero attached hydrogens (tertiary/aromatic N) is 24. The maximum absolute atomic E-state index is 5.95. The minimum atomic E-state index is 0.100. The molecule has 147 heavy (non-hydrogen) atoms. The summed E-state index contributed by atoms with van der Waals surface area (Å²) in [6.45, 7) is 39.2. The van der Waals surface area contributed by atoms with Crippen molar-refractivity contribution in [3.05, 3.63) is 0 Å². The second-order valence-electron chi connectivity index (χ2n) is 42.7. The third kappa shape index (κ3) is 36.5. The molecule has 54 heteroatoms. The van der Waals surface area contributed by atoms with Crippen LogP contribution < -0.4 is 44.1 Å². The van der Waals surface area contributed by atoms with Gasteiger partial charge in [0.15, 0.2) is 0 Å². The molecule has 816 valence electrons. The van der Waals surface area contributed by atoms with Crippen LogP contribution >= 0.6 is 0 Å². The number of epoxide rings is 24. The smallest absolute Gasteiger partial charge is 0.235 e. The Morgan fingerprint density at radius 2 is 0.238 bits per heavy atom. The molecule has 0 amide bonds. The molecule has 24 unspecified atom stereocenters. The van der Waals surface area contributed by atoms with Crippen LogP contribution in [0.5, 0.6) is 0 Å². The molecule has 3 aromatic rings. The first-order valence-electron chi connectivity index (χ1n) is 53.1. The SMILES string of the molecule is C(OCN(COCC1CO1)c1nc(N(COCC2CO2)COCC2CO2)nc(N(COCC2CO2)COCC2CO2)n1)C1CO1.C1OC1CN(CC1CO1)CN(CN(CC1CO1)CC1CO1)c1nc(N(CN(CC2CO2)CC2CO2)CN(CC2CO2)CC2CO2)nc(N(CN(CC2CO2)CC2CO2)CN(CC2CO2)CC2CO2)n1.C1OC1CN(CC1CO1)c1nc(N(CC2CO2)CC2CO2)nc(N(CC2CO2)CC2CO2)n1. The maximum Gasteiger partial charge on any atom is 0.235 e. The molecule has 0 aliphatic carbocycles. The van der Waals surface area contributed by atoms with Gasteiger partial charge >= 0.3 is 0 Å². The van der Waals surface area contributed by atoms with Gasteiger partial charge in [0.25, 0.3) is 0 Å². The van der Waals surface area contributed by atoms with E-state index in [1.165, 1.54) is 0 Å². The standard InChI is InChI=1S/C45H72N12O12.C27H42N6O12.C21H30N6O6/c1(31-13-58-31)49(2-32-14-59-32)25-55(26-50(3-33-15-60-33)4-34-16-61-34)43-46-44(56(27-51(5-35-17-62-35)6-36-18-63-36)28-52(7-37-19-64-37)8-38-20-65-38)48-45(47-43)57(29-53(9-39-21-66-39)10-40-22-67-40)30-54(11-41-23-68-41)12-42-24-69-42;1(19-7-40-19)34-13-31(14-35-2-20-8-41-20)25-28-26(32(15-36-3-21-9-42-21)16-37-4-22-10-43-22)30-27(29-25)33(17-38-5-23-11-44-23)18-39-6-24-12-45-24;1(13-7-28-13)25(2-14-8-29-14)19-22-20(26(3-15-9-30-15)4-16-10-31-16)24-21(23-19)27(5-17-11-32-17)6-18-12-33-18/h31-42H,1-30H2;19-24H,1-18H2;13-18H,1-12H2. The molecule has 3 aromatic heterocycles. The molecular formula is C93H144N24O30. The Bertz CT molecular complexity index is 3860. The Labute approximate surface area is 853 Å². The van der Waals surface area contributed by atoms with E-state index in [4.69, 9.17) is 187 Å². The molecule has 0 N–H and O–H groups in total. The molecule has 27 rings (SSSR count). The normalized spacial score (nSPS) is 32.7. The summed E-state index contributed by atoms with van der Waals surface area (Å²) in [6, 6.07) is 0. The second kappa shape index (κ2) is 48.0. The molecule has 24 aliphatic heterocycles. The van der Waals surface area contributed by atoms with E-state index in [9.17, 15) is 0 Å². The Morgan fingerprint density at radius 1 is 0.136 bits per heavy atom. The van der Waals surface area contributed by atoms with Gasteiger partial charge in [0.1, 0.15) is 77.0 Å². The summed E-state index contributed by atoms with van der Waals surface area (Å²) in [5.41, 5.74) is 0. The van der Waals surface area contributed by atoms with E-state index in [0.29, 0.717) is 173 Å². The Morgan fingerprint density at radius 3 is 0.354 bits per heavy atom. The number of hydrogen-bond donors (Lipinski definition) is 0. The van der Waals surface area contributed by atoms with Gasteiger partial charge in [-0.2, -0.15) is 44.9 Å². The van der Waals surface area contributed by atoms with Gasteiger partial charge in [0.2, 0.25) is 53.5 Å². The highest BCUT2D eigenvalue weighted by Crippen LogP contribution is 2.35. The first-order valence-corrected chi connectivity index (χ1v) is 53.1. The number of anilines is 9. The van der Waals surface area contributed by atoms with E-state index in [-0.39, 0.29) is 187 Å². The minimum absolute atomic E-state index is 0.100. The fourth-order valence-corrected chi connectivity index (χ4v) is 17.4. The molecule has 24 aliphatic rings. The highest BCUT2D eigenvalue weighted by Gasteiger charge is 2.46. The van der Waals surface area contributed by atoms with Gasteiger partial charge in [-0.25, -0.2) is 0 Å². The van der Waals surface area contributed by atoms with E-state index in [1.807, 2.05) is 0 Å². The predicted octanol–water partition coefficient (Wildman–Crippen LogP) is -6.15. The lowest BCUT2D eigenvalue weighted by atomic mass is 10.3. The van der Waals surface area contributed by atoms with E-state index in [0.717, 1.165) is 237 Å². The molecule has 0 saturated carbocycles. The molecule has 0 bridgehead atoms. The summed E-state index contributed by atoms with van der Waals surface area (Å²) in [6.07, 6.45) is 4.26. The lowest BCUT2D eigenvalue weighted by Gasteiger charge is -2.38. The number of ether oxygens (including phenoxy) is 30. The third-order valence-electron chi connectivity index (χ3n) is 27.6. The molecule has 24 atom stereocenters. The van der Waals surface area contributed by atoms with Gasteiger partial charge < -0.3 is 172 Å². The van der Waals surface area contributed by atoms with Crippen molar-refractivity contribution < 1.29 is 142 Å². The molecule has 0 aromatic carbocycles. The molecule has 27 heterocycles. The topological polar surface area (TPSA) is 521 Å². The van der Waals surface area contributed by atoms with Crippen molar-refractivity contribution >= 4 is 53.5 Å². The van der Waals surface area contributed by atoms with Crippen LogP contribution in [0.2, 0.25) is 0 Å². The van der Waals surface area contributed by atoms with Crippen molar-refractivity contribution in [2.24, 2.45) is 0 Å². The first-order chi connectivity index (χ1) is 72.4. The molecule has 54 nitrogen and oxygen atoms in total. The van der Waals surface area contributed by atoms with Gasteiger partial charge in [-0.15, -0.1) is 0 Å². The van der Waals surface area contributed by atoms with Crippen LogP contribution in [0.1, 0.15) is 0 Å². The van der Waals surface area contributed by atoms with Crippen molar-refractivity contribution in [2.45, 2.75) is 146 Å². The second-order valence-corrected chi connectivity index (χ2v) is 42.7. The Kier molecular flexibility index (Phi) is 33.1. The summed E-state index contributed by atoms with van der Waals surface area (Å²) >= 11 is 0. The van der Waals surface area contributed by atoms with Crippen molar-refractivity contribution in [3.8, 4) is 0 Å². The van der Waals surface area contributed by atoms with Crippen molar-refractivity contribution in [1.82, 2.24) is 74.3 Å². The van der Waals surface area contributed by atoms with Crippen LogP contribution in [0.3, 0.4) is 0 Å². The molecule has 24 fully saturated rings.